The molecule has 5 nitrogen and oxygen atoms in total. The van der Waals surface area contributed by atoms with E-state index in [4.69, 9.17) is 9.47 Å². The lowest BCUT2D eigenvalue weighted by Crippen LogP contribution is -1.97. The van der Waals surface area contributed by atoms with Crippen molar-refractivity contribution in [1.82, 2.24) is 0 Å². The molecule has 5 heteroatoms. The first kappa shape index (κ1) is 15.4. The first-order valence-electron chi connectivity index (χ1n) is 6.51. The number of allylic oxidation sites excluding steroid dienone is 1. The molecule has 0 spiro atoms. The molecule has 0 aliphatic rings. The molecule has 0 aliphatic carbocycles. The number of carbonyl (C=O) groups is 1. The molecule has 0 saturated heterocycles. The Morgan fingerprint density at radius 3 is 2.41 bits per heavy atom. The molecule has 0 unspecified atom stereocenters. The van der Waals surface area contributed by atoms with E-state index in [2.05, 4.69) is 0 Å². The van der Waals surface area contributed by atoms with Gasteiger partial charge in [-0.25, -0.2) is 0 Å². The molecule has 2 aromatic carbocycles. The van der Waals surface area contributed by atoms with Crippen LogP contribution in [-0.2, 0) is 0 Å². The minimum absolute atomic E-state index is 0.0102. The Balaban J connectivity index is 2.25. The zero-order valence-electron chi connectivity index (χ0n) is 12.2. The van der Waals surface area contributed by atoms with Gasteiger partial charge in [0.1, 0.15) is 11.5 Å². The number of hydrogen-bond donors (Lipinski definition) is 2. The van der Waals surface area contributed by atoms with Crippen molar-refractivity contribution in [3.05, 3.63) is 53.6 Å². The highest BCUT2D eigenvalue weighted by atomic mass is 16.5. The maximum atomic E-state index is 12.2. The van der Waals surface area contributed by atoms with Gasteiger partial charge in [0.2, 0.25) is 0 Å². The third kappa shape index (κ3) is 3.38. The van der Waals surface area contributed by atoms with Crippen LogP contribution in [-0.4, -0.2) is 30.2 Å². The third-order valence-corrected chi connectivity index (χ3v) is 3.09. The fourth-order valence-electron chi connectivity index (χ4n) is 1.93. The van der Waals surface area contributed by atoms with Crippen LogP contribution >= 0.6 is 0 Å². The number of ketones is 1. The van der Waals surface area contributed by atoms with Crippen molar-refractivity contribution in [1.29, 1.82) is 0 Å². The van der Waals surface area contributed by atoms with Crippen LogP contribution < -0.4 is 9.47 Å². The zero-order valence-corrected chi connectivity index (χ0v) is 12.2. The number of phenols is 2. The summed E-state index contributed by atoms with van der Waals surface area (Å²) < 4.78 is 10.3. The fourth-order valence-corrected chi connectivity index (χ4v) is 1.93. The van der Waals surface area contributed by atoms with Gasteiger partial charge in [0.15, 0.2) is 17.3 Å². The van der Waals surface area contributed by atoms with Gasteiger partial charge < -0.3 is 19.7 Å². The van der Waals surface area contributed by atoms with Crippen LogP contribution in [0.2, 0.25) is 0 Å². The number of aromatic hydroxyl groups is 2. The number of benzene rings is 2. The first-order chi connectivity index (χ1) is 10.5. The Morgan fingerprint density at radius 1 is 1.00 bits per heavy atom. The van der Waals surface area contributed by atoms with Crippen LogP contribution in [0.5, 0.6) is 23.0 Å². The van der Waals surface area contributed by atoms with Gasteiger partial charge in [-0.1, -0.05) is 0 Å². The maximum Gasteiger partial charge on any atom is 0.185 e. The lowest BCUT2D eigenvalue weighted by atomic mass is 10.1. The summed E-state index contributed by atoms with van der Waals surface area (Å²) in [5.41, 5.74) is 0.780. The summed E-state index contributed by atoms with van der Waals surface area (Å²) in [6, 6.07) is 8.93. The largest absolute Gasteiger partial charge is 0.508 e. The highest BCUT2D eigenvalue weighted by Crippen LogP contribution is 2.28. The summed E-state index contributed by atoms with van der Waals surface area (Å²) in [6.45, 7) is 0. The SMILES string of the molecule is COc1ccc(C(=O)/C=C/c2cc(O)ccc2O)cc1OC. The average molecular weight is 300 g/mol. The molecule has 22 heavy (non-hydrogen) atoms. The zero-order chi connectivity index (χ0) is 16.1. The number of carbonyl (C=O) groups excluding carboxylic acids is 1. The Hall–Kier alpha value is -2.95. The predicted molar refractivity (Wildman–Crippen MR) is 82.7 cm³/mol. The maximum absolute atomic E-state index is 12.2. The van der Waals surface area contributed by atoms with Crippen molar-refractivity contribution >= 4 is 11.9 Å². The number of methoxy groups -OCH3 is 2. The van der Waals surface area contributed by atoms with Crippen molar-refractivity contribution in [2.45, 2.75) is 0 Å². The molecule has 0 aliphatic heterocycles. The summed E-state index contributed by atoms with van der Waals surface area (Å²) in [6.07, 6.45) is 2.75. The van der Waals surface area contributed by atoms with Gasteiger partial charge in [0.05, 0.1) is 14.2 Å². The third-order valence-electron chi connectivity index (χ3n) is 3.09. The second-order valence-electron chi connectivity index (χ2n) is 4.51. The normalized spacial score (nSPS) is 10.6. The quantitative estimate of drug-likeness (QED) is 0.504. The molecule has 2 N–H and O–H groups in total. The molecule has 0 fully saturated rings. The Labute approximate surface area is 128 Å². The van der Waals surface area contributed by atoms with E-state index in [1.807, 2.05) is 0 Å². The molecule has 0 atom stereocenters. The van der Waals surface area contributed by atoms with Gasteiger partial charge in [0, 0.05) is 11.1 Å². The van der Waals surface area contributed by atoms with E-state index in [1.54, 1.807) is 18.2 Å². The second-order valence-corrected chi connectivity index (χ2v) is 4.51. The van der Waals surface area contributed by atoms with E-state index in [0.717, 1.165) is 0 Å². The average Bonchev–Trinajstić information content (AvgIpc) is 2.54. The molecule has 2 rings (SSSR count). The van der Waals surface area contributed by atoms with Gasteiger partial charge in [0.25, 0.3) is 0 Å². The lowest BCUT2D eigenvalue weighted by Gasteiger charge is -2.08. The summed E-state index contributed by atoms with van der Waals surface area (Å²) in [4.78, 5) is 12.2. The molecule has 0 aromatic heterocycles. The number of rotatable bonds is 5. The highest BCUT2D eigenvalue weighted by molar-refractivity contribution is 6.07. The molecular weight excluding hydrogens is 284 g/mol. The Morgan fingerprint density at radius 2 is 1.73 bits per heavy atom. The summed E-state index contributed by atoms with van der Waals surface area (Å²) in [5, 5.41) is 19.0. The molecular formula is C17H16O5. The molecule has 0 bridgehead atoms. The van der Waals surface area contributed by atoms with Crippen LogP contribution in [0.3, 0.4) is 0 Å². The number of phenolic OH excluding ortho intramolecular Hbond substituents is 2. The molecule has 0 radical (unpaired) electrons. The van der Waals surface area contributed by atoms with Gasteiger partial charge >= 0.3 is 0 Å². The molecule has 0 amide bonds. The van der Waals surface area contributed by atoms with Crippen LogP contribution in [0.4, 0.5) is 0 Å². The van der Waals surface area contributed by atoms with Crippen LogP contribution in [0.25, 0.3) is 6.08 Å². The smallest absolute Gasteiger partial charge is 0.185 e. The van der Waals surface area contributed by atoms with Crippen molar-refractivity contribution < 1.29 is 24.5 Å². The van der Waals surface area contributed by atoms with E-state index in [-0.39, 0.29) is 17.3 Å². The van der Waals surface area contributed by atoms with Crippen molar-refractivity contribution in [3.63, 3.8) is 0 Å². The van der Waals surface area contributed by atoms with E-state index in [9.17, 15) is 15.0 Å². The van der Waals surface area contributed by atoms with E-state index < -0.39 is 0 Å². The van der Waals surface area contributed by atoms with Crippen LogP contribution in [0.1, 0.15) is 15.9 Å². The standard InChI is InChI=1S/C17H16O5/c1-21-16-8-4-12(10-17(16)22-2)14(19)6-3-11-9-13(18)5-7-15(11)20/h3-10,18,20H,1-2H3/b6-3+. The topological polar surface area (TPSA) is 76.0 Å². The highest BCUT2D eigenvalue weighted by Gasteiger charge is 2.09. The van der Waals surface area contributed by atoms with E-state index in [1.165, 1.54) is 44.6 Å². The van der Waals surface area contributed by atoms with E-state index in [0.29, 0.717) is 22.6 Å². The summed E-state index contributed by atoms with van der Waals surface area (Å²) >= 11 is 0. The Bertz CT molecular complexity index is 719. The van der Waals surface area contributed by atoms with Gasteiger partial charge in [-0.05, 0) is 48.6 Å². The van der Waals surface area contributed by atoms with Gasteiger partial charge in [-0.2, -0.15) is 0 Å². The van der Waals surface area contributed by atoms with Crippen molar-refractivity contribution in [3.8, 4) is 23.0 Å². The van der Waals surface area contributed by atoms with Crippen LogP contribution in [0.15, 0.2) is 42.5 Å². The predicted octanol–water partition coefficient (Wildman–Crippen LogP) is 3.01. The molecule has 0 heterocycles. The monoisotopic (exact) mass is 300 g/mol. The Kier molecular flexibility index (Phi) is 4.68. The minimum Gasteiger partial charge on any atom is -0.508 e. The van der Waals surface area contributed by atoms with Crippen molar-refractivity contribution in [2.75, 3.05) is 14.2 Å². The fraction of sp³-hybridized carbons (Fsp3) is 0.118. The lowest BCUT2D eigenvalue weighted by molar-refractivity contribution is 0.104. The number of ether oxygens (including phenoxy) is 2. The van der Waals surface area contributed by atoms with E-state index >= 15 is 0 Å². The number of hydrogen-bond acceptors (Lipinski definition) is 5. The van der Waals surface area contributed by atoms with Crippen molar-refractivity contribution in [2.24, 2.45) is 0 Å². The first-order valence-corrected chi connectivity index (χ1v) is 6.51. The molecule has 114 valence electrons. The van der Waals surface area contributed by atoms with Crippen LogP contribution in [0, 0.1) is 0 Å². The summed E-state index contributed by atoms with van der Waals surface area (Å²) in [7, 11) is 3.01. The second kappa shape index (κ2) is 6.67. The van der Waals surface area contributed by atoms with Gasteiger partial charge in [-0.15, -0.1) is 0 Å². The van der Waals surface area contributed by atoms with Gasteiger partial charge in [-0.3, -0.25) is 4.79 Å². The summed E-state index contributed by atoms with van der Waals surface area (Å²) in [5.74, 6) is 0.726. The minimum atomic E-state index is -0.260. The molecule has 0 saturated carbocycles. The molecule has 2 aromatic rings.